The molecule has 1 aliphatic heterocycles. The van der Waals surface area contributed by atoms with Crippen LogP contribution in [0.25, 0.3) is 10.9 Å². The van der Waals surface area contributed by atoms with Crippen molar-refractivity contribution in [2.45, 2.75) is 46.1 Å². The number of hydrogen-bond acceptors (Lipinski definition) is 6. The van der Waals surface area contributed by atoms with E-state index in [2.05, 4.69) is 46.6 Å². The summed E-state index contributed by atoms with van der Waals surface area (Å²) in [6, 6.07) is 13.8. The van der Waals surface area contributed by atoms with Gasteiger partial charge in [-0.25, -0.2) is 0 Å². The Bertz CT molecular complexity index is 1330. The van der Waals surface area contributed by atoms with Crippen molar-refractivity contribution in [1.82, 2.24) is 15.2 Å². The number of nitrogens with one attached hydrogen (secondary N) is 2. The van der Waals surface area contributed by atoms with E-state index in [9.17, 15) is 9.90 Å². The maximum absolute atomic E-state index is 12.4. The Kier molecular flexibility index (Phi) is 12.8. The number of benzene rings is 2. The fourth-order valence-corrected chi connectivity index (χ4v) is 5.21. The van der Waals surface area contributed by atoms with Gasteiger partial charge in [0.25, 0.3) is 5.91 Å². The third-order valence-corrected chi connectivity index (χ3v) is 7.69. The predicted molar refractivity (Wildman–Crippen MR) is 175 cm³/mol. The normalized spacial score (nSPS) is 14.7. The molecule has 4 rings (SSSR count). The van der Waals surface area contributed by atoms with E-state index in [1.807, 2.05) is 49.4 Å². The molecule has 2 aromatic carbocycles. The third-order valence-electron chi connectivity index (χ3n) is 7.41. The number of halogens is 1. The number of aromatic nitrogens is 1. The summed E-state index contributed by atoms with van der Waals surface area (Å²) in [5.74, 6) is 0.567. The van der Waals surface area contributed by atoms with Gasteiger partial charge < -0.3 is 30.8 Å². The average molecular weight is 596 g/mol. The molecule has 228 valence electrons. The van der Waals surface area contributed by atoms with Crippen LogP contribution in [-0.4, -0.2) is 73.4 Å². The number of aryl methyl sites for hydroxylation is 1. The van der Waals surface area contributed by atoms with Crippen LogP contribution >= 0.6 is 11.6 Å². The highest BCUT2D eigenvalue weighted by Crippen LogP contribution is 2.37. The second-order valence-electron chi connectivity index (χ2n) is 10.7. The zero-order valence-electron chi connectivity index (χ0n) is 25.4. The van der Waals surface area contributed by atoms with Crippen LogP contribution in [0, 0.1) is 0 Å². The van der Waals surface area contributed by atoms with E-state index in [-0.39, 0.29) is 5.91 Å². The fraction of sp³-hybridized carbons (Fsp3) is 0.424. The first-order valence-corrected chi connectivity index (χ1v) is 15.0. The van der Waals surface area contributed by atoms with Gasteiger partial charge in [0, 0.05) is 55.9 Å². The van der Waals surface area contributed by atoms with Crippen LogP contribution in [0.1, 0.15) is 49.7 Å². The van der Waals surface area contributed by atoms with E-state index in [0.717, 1.165) is 61.4 Å². The summed E-state index contributed by atoms with van der Waals surface area (Å²) in [6.07, 6.45) is 3.87. The number of H-pyrrole nitrogens is 1. The predicted octanol–water partition coefficient (Wildman–Crippen LogP) is 5.51. The maximum Gasteiger partial charge on any atom is 0.267 e. The lowest BCUT2D eigenvalue weighted by Gasteiger charge is -2.37. The van der Waals surface area contributed by atoms with Gasteiger partial charge in [0.15, 0.2) is 5.75 Å². The largest absolute Gasteiger partial charge is 0.493 e. The van der Waals surface area contributed by atoms with Crippen molar-refractivity contribution in [3.63, 3.8) is 0 Å². The molecular formula is C33H46ClN5O3. The molecule has 9 heteroatoms. The lowest BCUT2D eigenvalue weighted by Crippen LogP contribution is -2.49. The lowest BCUT2D eigenvalue weighted by atomic mass is 10.1. The van der Waals surface area contributed by atoms with Crippen molar-refractivity contribution in [3.05, 3.63) is 82.7 Å². The number of aromatic amines is 1. The number of carbonyl (C=O) groups is 1. The smallest absolute Gasteiger partial charge is 0.267 e. The number of carbonyl (C=O) groups excluding carboxylic acids is 1. The number of para-hydroxylation sites is 1. The average Bonchev–Trinajstić information content (AvgIpc) is 3.42. The number of ether oxygens (including phenoxy) is 1. The molecule has 2 heterocycles. The molecule has 1 amide bonds. The summed E-state index contributed by atoms with van der Waals surface area (Å²) in [5.41, 5.74) is 10.9. The molecular weight excluding hydrogens is 550 g/mol. The highest BCUT2D eigenvalue weighted by Gasteiger charge is 2.23. The molecule has 0 aliphatic carbocycles. The van der Waals surface area contributed by atoms with E-state index in [0.29, 0.717) is 35.9 Å². The Balaban J connectivity index is 0.000000531. The molecule has 8 nitrogen and oxygen atoms in total. The number of amides is 1. The van der Waals surface area contributed by atoms with E-state index in [1.165, 1.54) is 11.1 Å². The highest BCUT2D eigenvalue weighted by atomic mass is 35.5. The summed E-state index contributed by atoms with van der Waals surface area (Å²) in [7, 11) is 1.65. The number of fused-ring (bicyclic) bond motifs is 1. The van der Waals surface area contributed by atoms with Gasteiger partial charge in [0.1, 0.15) is 5.69 Å². The minimum absolute atomic E-state index is 0.154. The molecule has 0 bridgehead atoms. The van der Waals surface area contributed by atoms with Crippen LogP contribution in [0.2, 0.25) is 5.02 Å². The molecule has 1 saturated heterocycles. The number of aliphatic hydroxyl groups excluding tert-OH is 1. The second-order valence-corrected chi connectivity index (χ2v) is 11.1. The van der Waals surface area contributed by atoms with Crippen LogP contribution in [0.5, 0.6) is 5.75 Å². The second kappa shape index (κ2) is 16.2. The SMILES string of the molecule is C=C(N)/C=C(\C)CC.CCc1cc(Cl)c(OC)c(N2CCN(CC(O)CCNC(=O)c3cc4ccccc4[nH]3)CC2)c1. The van der Waals surface area contributed by atoms with Crippen LogP contribution in [0.4, 0.5) is 5.69 Å². The summed E-state index contributed by atoms with van der Waals surface area (Å²) in [5, 5.41) is 15.1. The molecule has 5 N–H and O–H groups in total. The quantitative estimate of drug-likeness (QED) is 0.218. The molecule has 3 aromatic rings. The molecule has 0 radical (unpaired) electrons. The van der Waals surface area contributed by atoms with Crippen molar-refractivity contribution in [1.29, 1.82) is 0 Å². The Hall–Kier alpha value is -3.46. The van der Waals surface area contributed by atoms with Gasteiger partial charge in [0.2, 0.25) is 0 Å². The van der Waals surface area contributed by atoms with E-state index in [1.54, 1.807) is 7.11 Å². The first-order valence-electron chi connectivity index (χ1n) is 14.6. The fourth-order valence-electron chi connectivity index (χ4n) is 4.90. The summed E-state index contributed by atoms with van der Waals surface area (Å²) in [4.78, 5) is 20.1. The van der Waals surface area contributed by atoms with Gasteiger partial charge in [-0.05, 0) is 62.1 Å². The molecule has 0 spiro atoms. The zero-order valence-corrected chi connectivity index (χ0v) is 26.1. The molecule has 1 aliphatic rings. The van der Waals surface area contributed by atoms with Crippen molar-refractivity contribution >= 4 is 34.1 Å². The number of rotatable bonds is 11. The summed E-state index contributed by atoms with van der Waals surface area (Å²) >= 11 is 6.43. The number of aliphatic hydroxyl groups is 1. The van der Waals surface area contributed by atoms with Crippen molar-refractivity contribution in [2.75, 3.05) is 51.3 Å². The van der Waals surface area contributed by atoms with Crippen LogP contribution < -0.4 is 20.7 Å². The third kappa shape index (κ3) is 9.54. The van der Waals surface area contributed by atoms with Crippen molar-refractivity contribution < 1.29 is 14.6 Å². The number of β-amino-alcohol motifs (C(OH)–C–C–N with tert-alkyl or cyclic N) is 1. The van der Waals surface area contributed by atoms with Gasteiger partial charge in [-0.15, -0.1) is 0 Å². The van der Waals surface area contributed by atoms with Crippen LogP contribution in [0.3, 0.4) is 0 Å². The molecule has 1 aromatic heterocycles. The van der Waals surface area contributed by atoms with Crippen molar-refractivity contribution in [2.24, 2.45) is 5.73 Å². The molecule has 0 saturated carbocycles. The van der Waals surface area contributed by atoms with Gasteiger partial charge in [0.05, 0.1) is 23.9 Å². The van der Waals surface area contributed by atoms with Gasteiger partial charge in [-0.3, -0.25) is 9.69 Å². The van der Waals surface area contributed by atoms with Gasteiger partial charge in [-0.1, -0.05) is 55.8 Å². The summed E-state index contributed by atoms with van der Waals surface area (Å²) in [6.45, 7) is 14.2. The topological polar surface area (TPSA) is 107 Å². The molecule has 1 atom stereocenters. The number of nitrogens with zero attached hydrogens (tertiary/aromatic N) is 2. The first kappa shape index (κ1) is 33.0. The molecule has 42 heavy (non-hydrogen) atoms. The maximum atomic E-state index is 12.4. The number of piperazine rings is 1. The van der Waals surface area contributed by atoms with E-state index < -0.39 is 6.10 Å². The Morgan fingerprint density at radius 2 is 1.93 bits per heavy atom. The monoisotopic (exact) mass is 595 g/mol. The van der Waals surface area contributed by atoms with Gasteiger partial charge in [-0.2, -0.15) is 0 Å². The Morgan fingerprint density at radius 3 is 2.52 bits per heavy atom. The number of methoxy groups -OCH3 is 1. The molecule has 1 fully saturated rings. The number of allylic oxidation sites excluding steroid dienone is 2. The minimum atomic E-state index is -0.498. The van der Waals surface area contributed by atoms with Crippen LogP contribution in [-0.2, 0) is 6.42 Å². The standard InChI is InChI=1S/C26H33ClN4O3.C7H13N/c1-3-18-14-21(27)25(34-2)24(15-18)31-12-10-30(11-13-31)17-20(32)8-9-28-26(33)23-16-19-6-4-5-7-22(19)29-23;1-4-6(2)5-7(3)8/h4-7,14-16,20,29,32H,3,8-13,17H2,1-2H3,(H,28,33);5H,3-4,8H2,1-2H3/b;6-5+. The zero-order chi connectivity index (χ0) is 30.6. The van der Waals surface area contributed by atoms with Gasteiger partial charge >= 0.3 is 0 Å². The molecule has 1 unspecified atom stereocenters. The highest BCUT2D eigenvalue weighted by molar-refractivity contribution is 6.32. The van der Waals surface area contributed by atoms with Crippen LogP contribution in [0.15, 0.2) is 66.4 Å². The van der Waals surface area contributed by atoms with E-state index in [4.69, 9.17) is 22.1 Å². The number of hydrogen-bond donors (Lipinski definition) is 4. The summed E-state index contributed by atoms with van der Waals surface area (Å²) < 4.78 is 5.57. The van der Waals surface area contributed by atoms with Crippen molar-refractivity contribution in [3.8, 4) is 5.75 Å². The number of anilines is 1. The Morgan fingerprint density at radius 1 is 1.21 bits per heavy atom. The first-order chi connectivity index (χ1) is 20.1. The minimum Gasteiger partial charge on any atom is -0.493 e. The van der Waals surface area contributed by atoms with E-state index >= 15 is 0 Å². The Labute approximate surface area is 255 Å². The number of nitrogens with two attached hydrogens (primary N) is 1. The lowest BCUT2D eigenvalue weighted by molar-refractivity contribution is 0.0899.